The number of hydrogen-bond donors (Lipinski definition) is 1. The number of unbranched alkanes of at least 4 members (excludes halogenated alkanes) is 2. The summed E-state index contributed by atoms with van der Waals surface area (Å²) < 4.78 is 12.4. The van der Waals surface area contributed by atoms with Crippen molar-refractivity contribution >= 4 is 40.1 Å². The van der Waals surface area contributed by atoms with Crippen molar-refractivity contribution in [3.8, 4) is 5.75 Å². The highest BCUT2D eigenvalue weighted by atomic mass is 32.1. The first-order valence-corrected chi connectivity index (χ1v) is 8.36. The summed E-state index contributed by atoms with van der Waals surface area (Å²) in [4.78, 5) is 10.5. The normalized spacial score (nSPS) is 11.0. The maximum absolute atomic E-state index is 10.5. The van der Waals surface area contributed by atoms with Gasteiger partial charge in [0.25, 0.3) is 0 Å². The summed E-state index contributed by atoms with van der Waals surface area (Å²) in [6, 6.07) is 13.4. The van der Waals surface area contributed by atoms with E-state index in [1.54, 1.807) is 0 Å². The number of benzene rings is 2. The van der Waals surface area contributed by atoms with Crippen LogP contribution < -0.4 is 4.74 Å². The van der Waals surface area contributed by atoms with Gasteiger partial charge in [-0.05, 0) is 49.6 Å². The van der Waals surface area contributed by atoms with Crippen LogP contribution in [0.25, 0.3) is 21.9 Å². The van der Waals surface area contributed by atoms with Crippen LogP contribution in [0.1, 0.15) is 25.7 Å². The fourth-order valence-corrected chi connectivity index (χ4v) is 2.95. The average molecular weight is 342 g/mol. The minimum atomic E-state index is -0.751. The van der Waals surface area contributed by atoms with Crippen molar-refractivity contribution < 1.29 is 19.1 Å². The van der Waals surface area contributed by atoms with Crippen molar-refractivity contribution in [3.63, 3.8) is 0 Å². The average Bonchev–Trinajstić information content (AvgIpc) is 2.58. The summed E-state index contributed by atoms with van der Waals surface area (Å²) in [5, 5.41) is 10.4. The highest BCUT2D eigenvalue weighted by molar-refractivity contribution is 7.72. The Bertz CT molecular complexity index is 929. The highest BCUT2D eigenvalue weighted by Crippen LogP contribution is 2.28. The second-order valence-electron chi connectivity index (χ2n) is 5.64. The van der Waals surface area contributed by atoms with Gasteiger partial charge < -0.3 is 14.3 Å². The Morgan fingerprint density at radius 3 is 2.67 bits per heavy atom. The quantitative estimate of drug-likeness (QED) is 0.357. The lowest BCUT2D eigenvalue weighted by Gasteiger charge is -2.08. The SMILES string of the molecule is O=C(O)CCCCCOc1ccc2oc3ccccc3c(=S)c2c1. The monoisotopic (exact) mass is 342 g/mol. The summed E-state index contributed by atoms with van der Waals surface area (Å²) in [7, 11) is 0. The molecule has 0 radical (unpaired) electrons. The summed E-state index contributed by atoms with van der Waals surface area (Å²) >= 11 is 5.58. The standard InChI is InChI=1S/C19H18O4S/c20-18(21)8-2-1-5-11-22-13-9-10-17-15(12-13)19(24)14-6-3-4-7-16(14)23-17/h3-4,6-7,9-10,12H,1-2,5,8,11H2,(H,20,21). The molecule has 1 N–H and O–H groups in total. The van der Waals surface area contributed by atoms with E-state index in [9.17, 15) is 4.79 Å². The molecule has 0 unspecified atom stereocenters. The summed E-state index contributed by atoms with van der Waals surface area (Å²) in [6.07, 6.45) is 2.56. The van der Waals surface area contributed by atoms with Crippen LogP contribution in [-0.2, 0) is 4.79 Å². The molecule has 0 spiro atoms. The van der Waals surface area contributed by atoms with Gasteiger partial charge in [-0.1, -0.05) is 24.4 Å². The number of hydrogen-bond acceptors (Lipinski definition) is 4. The molecule has 0 bridgehead atoms. The van der Waals surface area contributed by atoms with Crippen molar-refractivity contribution in [1.29, 1.82) is 0 Å². The van der Waals surface area contributed by atoms with Crippen molar-refractivity contribution in [2.75, 3.05) is 6.61 Å². The second-order valence-corrected chi connectivity index (χ2v) is 6.05. The van der Waals surface area contributed by atoms with E-state index in [4.69, 9.17) is 26.5 Å². The maximum atomic E-state index is 10.5. The number of carbonyl (C=O) groups is 1. The van der Waals surface area contributed by atoms with Crippen molar-refractivity contribution in [3.05, 3.63) is 47.0 Å². The number of ether oxygens (including phenoxy) is 1. The molecule has 124 valence electrons. The Morgan fingerprint density at radius 1 is 1.04 bits per heavy atom. The van der Waals surface area contributed by atoms with Crippen molar-refractivity contribution in [2.45, 2.75) is 25.7 Å². The molecular formula is C19H18O4S. The Balaban J connectivity index is 1.72. The van der Waals surface area contributed by atoms with Gasteiger partial charge in [0.2, 0.25) is 0 Å². The van der Waals surface area contributed by atoms with E-state index in [-0.39, 0.29) is 6.42 Å². The predicted octanol–water partition coefficient (Wildman–Crippen LogP) is 5.34. The third kappa shape index (κ3) is 3.74. The van der Waals surface area contributed by atoms with Gasteiger partial charge in [-0.2, -0.15) is 0 Å². The van der Waals surface area contributed by atoms with Crippen LogP contribution >= 0.6 is 12.2 Å². The van der Waals surface area contributed by atoms with E-state index >= 15 is 0 Å². The van der Waals surface area contributed by atoms with Crippen molar-refractivity contribution in [1.82, 2.24) is 0 Å². The topological polar surface area (TPSA) is 59.7 Å². The number of carboxylic acid groups (broad SMARTS) is 1. The second kappa shape index (κ2) is 7.45. The molecule has 4 nitrogen and oxygen atoms in total. The number of aliphatic carboxylic acids is 1. The van der Waals surface area contributed by atoms with Gasteiger partial charge >= 0.3 is 5.97 Å². The lowest BCUT2D eigenvalue weighted by Crippen LogP contribution is -1.99. The molecule has 1 heterocycles. The van der Waals surface area contributed by atoms with Gasteiger partial charge in [0.1, 0.15) is 16.9 Å². The summed E-state index contributed by atoms with van der Waals surface area (Å²) in [5.41, 5.74) is 1.52. The Kier molecular flexibility index (Phi) is 5.11. The molecule has 2 aromatic carbocycles. The van der Waals surface area contributed by atoms with E-state index < -0.39 is 5.97 Å². The molecule has 5 heteroatoms. The molecule has 3 rings (SSSR count). The minimum Gasteiger partial charge on any atom is -0.494 e. The van der Waals surface area contributed by atoms with E-state index in [1.807, 2.05) is 42.5 Å². The lowest BCUT2D eigenvalue weighted by molar-refractivity contribution is -0.137. The smallest absolute Gasteiger partial charge is 0.303 e. The van der Waals surface area contributed by atoms with E-state index in [1.165, 1.54) is 0 Å². The molecule has 0 fully saturated rings. The van der Waals surface area contributed by atoms with Crippen molar-refractivity contribution in [2.24, 2.45) is 0 Å². The van der Waals surface area contributed by atoms with Crippen LogP contribution in [0.15, 0.2) is 46.9 Å². The number of fused-ring (bicyclic) bond motifs is 2. The molecule has 1 aromatic heterocycles. The summed E-state index contributed by atoms with van der Waals surface area (Å²) in [5.74, 6) is -0.00304. The van der Waals surface area contributed by atoms with Crippen LogP contribution in [0.5, 0.6) is 5.75 Å². The first-order chi connectivity index (χ1) is 11.6. The van der Waals surface area contributed by atoms with E-state index in [0.29, 0.717) is 13.0 Å². The van der Waals surface area contributed by atoms with Gasteiger partial charge in [-0.15, -0.1) is 0 Å². The summed E-state index contributed by atoms with van der Waals surface area (Å²) in [6.45, 7) is 0.558. The van der Waals surface area contributed by atoms with Gasteiger partial charge in [0, 0.05) is 17.2 Å². The molecule has 0 saturated carbocycles. The zero-order chi connectivity index (χ0) is 16.9. The van der Waals surface area contributed by atoms with Gasteiger partial charge in [-0.25, -0.2) is 0 Å². The molecule has 0 aliphatic heterocycles. The van der Waals surface area contributed by atoms with Crippen LogP contribution in [0.3, 0.4) is 0 Å². The van der Waals surface area contributed by atoms with E-state index in [0.717, 1.165) is 45.0 Å². The molecular weight excluding hydrogens is 324 g/mol. The number of carboxylic acids is 1. The number of para-hydroxylation sites is 1. The maximum Gasteiger partial charge on any atom is 0.303 e. The Labute approximate surface area is 144 Å². The number of rotatable bonds is 7. The van der Waals surface area contributed by atoms with Crippen LogP contribution in [0.2, 0.25) is 0 Å². The fraction of sp³-hybridized carbons (Fsp3) is 0.263. The van der Waals surface area contributed by atoms with Crippen LogP contribution in [-0.4, -0.2) is 17.7 Å². The highest BCUT2D eigenvalue weighted by Gasteiger charge is 2.06. The third-order valence-electron chi connectivity index (χ3n) is 3.85. The molecule has 24 heavy (non-hydrogen) atoms. The zero-order valence-corrected chi connectivity index (χ0v) is 14.0. The zero-order valence-electron chi connectivity index (χ0n) is 13.2. The third-order valence-corrected chi connectivity index (χ3v) is 4.29. The fourth-order valence-electron chi connectivity index (χ4n) is 2.62. The Hall–Kier alpha value is -2.40. The lowest BCUT2D eigenvalue weighted by atomic mass is 10.1. The van der Waals surface area contributed by atoms with Crippen LogP contribution in [0.4, 0.5) is 0 Å². The molecule has 0 saturated heterocycles. The van der Waals surface area contributed by atoms with Gasteiger partial charge in [-0.3, -0.25) is 4.79 Å². The van der Waals surface area contributed by atoms with E-state index in [2.05, 4.69) is 0 Å². The Morgan fingerprint density at radius 2 is 1.83 bits per heavy atom. The molecule has 0 amide bonds. The predicted molar refractivity (Wildman–Crippen MR) is 96.2 cm³/mol. The van der Waals surface area contributed by atoms with Gasteiger partial charge in [0.15, 0.2) is 0 Å². The van der Waals surface area contributed by atoms with Crippen LogP contribution in [0, 0.1) is 4.51 Å². The molecule has 0 aliphatic rings. The largest absolute Gasteiger partial charge is 0.494 e. The first-order valence-electron chi connectivity index (χ1n) is 7.95. The molecule has 3 aromatic rings. The molecule has 0 aliphatic carbocycles. The minimum absolute atomic E-state index is 0.212. The molecule has 0 atom stereocenters. The first kappa shape index (κ1) is 16.5. The van der Waals surface area contributed by atoms with Gasteiger partial charge in [0.05, 0.1) is 11.1 Å².